The number of pyridine rings is 1. The maximum atomic E-state index is 6.95. The quantitative estimate of drug-likeness (QED) is 0.149. The first-order valence-corrected chi connectivity index (χ1v) is 25.6. The molecule has 77 heavy (non-hydrogen) atoms. The van der Waals surface area contributed by atoms with E-state index >= 15 is 0 Å². The number of benzene rings is 10. The van der Waals surface area contributed by atoms with Crippen molar-refractivity contribution in [3.63, 3.8) is 0 Å². The van der Waals surface area contributed by atoms with Crippen molar-refractivity contribution in [2.45, 2.75) is 6.92 Å². The van der Waals surface area contributed by atoms with Gasteiger partial charge in [0.15, 0.2) is 0 Å². The van der Waals surface area contributed by atoms with Crippen LogP contribution in [0.25, 0.3) is 116 Å². The molecule has 0 aliphatic carbocycles. The number of ether oxygens (including phenoxy) is 1. The summed E-state index contributed by atoms with van der Waals surface area (Å²) in [5.74, 6) is 1.77. The molecule has 0 atom stereocenters. The van der Waals surface area contributed by atoms with Gasteiger partial charge in [0.1, 0.15) is 11.4 Å². The topological polar surface area (TPSA) is 56.5 Å². The van der Waals surface area contributed by atoms with Crippen molar-refractivity contribution < 1.29 is 30.2 Å². The summed E-state index contributed by atoms with van der Waals surface area (Å²) in [5.41, 5.74) is 16.1. The summed E-state index contributed by atoms with van der Waals surface area (Å²) >= 11 is 0. The molecule has 0 radical (unpaired) electrons. The van der Waals surface area contributed by atoms with E-state index in [2.05, 4.69) is 251 Å². The molecule has 5 aromatic heterocycles. The van der Waals surface area contributed by atoms with Crippen LogP contribution in [0.2, 0.25) is 0 Å². The Bertz CT molecular complexity index is 4670. The molecule has 8 nitrogen and oxygen atoms in total. The Labute approximate surface area is 457 Å². The van der Waals surface area contributed by atoms with Gasteiger partial charge in [0.25, 0.3) is 0 Å². The van der Waals surface area contributed by atoms with E-state index in [1.54, 1.807) is 0 Å². The summed E-state index contributed by atoms with van der Waals surface area (Å²) in [6.07, 6.45) is 2.07. The van der Waals surface area contributed by atoms with Crippen molar-refractivity contribution in [1.82, 2.24) is 18.7 Å². The fraction of sp³-hybridized carbons (Fsp3) is 0.0294. The van der Waals surface area contributed by atoms with E-state index in [-0.39, 0.29) is 21.1 Å². The summed E-state index contributed by atoms with van der Waals surface area (Å²) in [5, 5.41) is 8.90. The minimum Gasteiger partial charge on any atom is -0.512 e. The van der Waals surface area contributed by atoms with Crippen LogP contribution in [0.5, 0.6) is 11.5 Å². The monoisotopic (exact) mass is 1170 g/mol. The van der Waals surface area contributed by atoms with E-state index in [0.29, 0.717) is 17.1 Å². The molecule has 10 aromatic carbocycles. The maximum Gasteiger partial charge on any atom is 0.135 e. The van der Waals surface area contributed by atoms with Gasteiger partial charge in [0.05, 0.1) is 44.8 Å². The van der Waals surface area contributed by atoms with Gasteiger partial charge >= 0.3 is 0 Å². The van der Waals surface area contributed by atoms with Gasteiger partial charge in [-0.25, -0.2) is 4.98 Å². The molecular formula is C68H43N6O2Pt-3. The largest absolute Gasteiger partial charge is 0.512 e. The van der Waals surface area contributed by atoms with Crippen LogP contribution >= 0.6 is 0 Å². The normalized spacial score (nSPS) is 12.6. The fourth-order valence-electron chi connectivity index (χ4n) is 12.1. The average molecular weight is 1170 g/mol. The van der Waals surface area contributed by atoms with Crippen LogP contribution in [0.1, 0.15) is 5.56 Å². The zero-order valence-corrected chi connectivity index (χ0v) is 44.0. The molecule has 6 heterocycles. The van der Waals surface area contributed by atoms with Crippen molar-refractivity contribution in [1.29, 1.82) is 0 Å². The van der Waals surface area contributed by atoms with E-state index in [4.69, 9.17) is 14.1 Å². The van der Waals surface area contributed by atoms with Gasteiger partial charge in [0.2, 0.25) is 0 Å². The molecule has 16 rings (SSSR count). The molecule has 15 aromatic rings. The number of anilines is 3. The molecule has 0 unspecified atom stereocenters. The molecular weight excluding hydrogens is 1130 g/mol. The molecule has 0 saturated heterocycles. The van der Waals surface area contributed by atoms with Gasteiger partial charge in [0, 0.05) is 88.0 Å². The Hall–Kier alpha value is -9.36. The first-order chi connectivity index (χ1) is 37.5. The fourth-order valence-corrected chi connectivity index (χ4v) is 12.1. The second-order valence-corrected chi connectivity index (χ2v) is 19.7. The third kappa shape index (κ3) is 6.71. The van der Waals surface area contributed by atoms with Crippen LogP contribution in [-0.2, 0) is 21.1 Å². The second-order valence-electron chi connectivity index (χ2n) is 19.7. The first kappa shape index (κ1) is 45.1. The van der Waals surface area contributed by atoms with Gasteiger partial charge in [-0.05, 0) is 91.7 Å². The molecule has 1 aliphatic rings. The van der Waals surface area contributed by atoms with Crippen LogP contribution in [0.3, 0.4) is 0 Å². The molecule has 0 bridgehead atoms. The minimum atomic E-state index is 0. The summed E-state index contributed by atoms with van der Waals surface area (Å²) in [7, 11) is 2.06. The molecule has 0 amide bonds. The number of para-hydroxylation sites is 8. The van der Waals surface area contributed by atoms with Crippen LogP contribution in [0.4, 0.5) is 17.1 Å². The van der Waals surface area contributed by atoms with E-state index in [0.717, 1.165) is 111 Å². The van der Waals surface area contributed by atoms with E-state index in [1.165, 1.54) is 21.5 Å². The predicted molar refractivity (Wildman–Crippen MR) is 310 cm³/mol. The number of rotatable bonds is 7. The Kier molecular flexibility index (Phi) is 10.2. The molecule has 0 spiro atoms. The van der Waals surface area contributed by atoms with E-state index in [9.17, 15) is 0 Å². The third-order valence-electron chi connectivity index (χ3n) is 15.5. The number of aryl methyl sites for hydroxylation is 1. The molecule has 9 heteroatoms. The molecule has 0 fully saturated rings. The molecule has 0 N–H and O–H groups in total. The minimum absolute atomic E-state index is 0. The van der Waals surface area contributed by atoms with Crippen LogP contribution in [-0.4, -0.2) is 25.7 Å². The zero-order valence-electron chi connectivity index (χ0n) is 41.7. The number of furan rings is 1. The van der Waals surface area contributed by atoms with Gasteiger partial charge < -0.3 is 32.7 Å². The summed E-state index contributed by atoms with van der Waals surface area (Å²) < 4.78 is 20.6. The van der Waals surface area contributed by atoms with Crippen LogP contribution in [0.15, 0.2) is 223 Å². The molecule has 1 aliphatic heterocycles. The number of hydrogen-bond acceptors (Lipinski definition) is 5. The Morgan fingerprint density at radius 2 is 0.987 bits per heavy atom. The molecule has 370 valence electrons. The van der Waals surface area contributed by atoms with Gasteiger partial charge in [-0.1, -0.05) is 144 Å². The zero-order chi connectivity index (χ0) is 50.2. The second kappa shape index (κ2) is 17.3. The van der Waals surface area contributed by atoms with Crippen LogP contribution in [0, 0.1) is 25.7 Å². The summed E-state index contributed by atoms with van der Waals surface area (Å²) in [6, 6.07) is 82.4. The van der Waals surface area contributed by atoms with Gasteiger partial charge in [-0.2, -0.15) is 12.7 Å². The third-order valence-corrected chi connectivity index (χ3v) is 15.5. The van der Waals surface area contributed by atoms with Gasteiger partial charge in [-0.15, -0.1) is 29.7 Å². The molecule has 0 saturated carbocycles. The Morgan fingerprint density at radius 1 is 0.481 bits per heavy atom. The summed E-state index contributed by atoms with van der Waals surface area (Å²) in [4.78, 5) is 9.74. The predicted octanol–water partition coefficient (Wildman–Crippen LogP) is 17.3. The van der Waals surface area contributed by atoms with Crippen molar-refractivity contribution in [2.75, 3.05) is 16.8 Å². The SMILES string of the molecule is Cc1cc(-n2c3[c-]c(Oc4[c-]c(N5[CH-]N(C)c6ccccc65)cc5c4oc4ccccc45)ccc3c3ccccc32)ncc1-c1c(-n2c3ccccc3c3ccccc32)cccc1-n1c2ccccc2c2ccccc21.[Pt]. The Morgan fingerprint density at radius 3 is 1.58 bits per heavy atom. The standard InChI is InChI=1S/C68H43N6O2.Pt/c1-42-36-66(69-40-53(42)67-61(72-54-24-9-3-18-45(54)46-19-4-10-25-55(46)72)31-17-32-62(67)73-56-26-11-5-20-47(56)48-21-6-12-27-57(48)73)74-58-28-13-7-22-49(58)50-35-34-44(39-63(50)74)75-65-38-43(71-41-70(2)59-29-14-15-30-60(59)71)37-52-51-23-8-16-33-64(51)76-68(52)65;/h3-37,40-41H,1-2H3;/q-3;. The number of aromatic nitrogens is 4. The van der Waals surface area contributed by atoms with Crippen molar-refractivity contribution in [3.8, 4) is 39.8 Å². The van der Waals surface area contributed by atoms with Crippen LogP contribution < -0.4 is 14.5 Å². The van der Waals surface area contributed by atoms with E-state index < -0.39 is 0 Å². The maximum absolute atomic E-state index is 6.95. The number of nitrogens with zero attached hydrogens (tertiary/aromatic N) is 6. The smallest absolute Gasteiger partial charge is 0.135 e. The first-order valence-electron chi connectivity index (χ1n) is 25.6. The number of fused-ring (bicyclic) bond motifs is 13. The average Bonchev–Trinajstić information content (AvgIpc) is 4.36. The van der Waals surface area contributed by atoms with Crippen molar-refractivity contribution in [2.24, 2.45) is 0 Å². The van der Waals surface area contributed by atoms with Gasteiger partial charge in [-0.3, -0.25) is 0 Å². The Balaban J connectivity index is 0.00000518. The van der Waals surface area contributed by atoms with Crippen molar-refractivity contribution in [3.05, 3.63) is 243 Å². The summed E-state index contributed by atoms with van der Waals surface area (Å²) in [6.45, 7) is 4.29. The van der Waals surface area contributed by atoms with E-state index in [1.807, 2.05) is 24.3 Å². The number of hydrogen-bond donors (Lipinski definition) is 0. The van der Waals surface area contributed by atoms with Crippen molar-refractivity contribution >= 4 is 104 Å².